The highest BCUT2D eigenvalue weighted by molar-refractivity contribution is 5.97. The number of benzene rings is 2. The maximum absolute atomic E-state index is 14.6. The molecule has 4 aromatic rings. The number of amides is 1. The smallest absolute Gasteiger partial charge is 0.252 e. The number of carbonyl (C=O) groups excluding carboxylic acids is 1. The molecule has 10 heteroatoms. The zero-order chi connectivity index (χ0) is 30.7. The number of carbonyl (C=O) groups is 1. The average molecular weight is 584 g/mol. The van der Waals surface area contributed by atoms with Crippen LogP contribution in [0, 0.1) is 17.8 Å². The molecule has 1 atom stereocenters. The number of ether oxygens (including phenoxy) is 3. The highest BCUT2D eigenvalue weighted by Gasteiger charge is 2.30. The summed E-state index contributed by atoms with van der Waals surface area (Å²) in [7, 11) is 3.00. The van der Waals surface area contributed by atoms with Crippen molar-refractivity contribution >= 4 is 16.8 Å². The Balaban J connectivity index is 1.47. The number of likely N-dealkylation sites (tertiary alicyclic amines) is 1. The van der Waals surface area contributed by atoms with Crippen LogP contribution in [-0.4, -0.2) is 52.9 Å². The van der Waals surface area contributed by atoms with Gasteiger partial charge in [0, 0.05) is 24.8 Å². The second-order valence-corrected chi connectivity index (χ2v) is 11.5. The first-order valence-electron chi connectivity index (χ1n) is 14.0. The summed E-state index contributed by atoms with van der Waals surface area (Å²) in [5.74, 6) is 0.354. The van der Waals surface area contributed by atoms with Crippen LogP contribution in [0.4, 0.5) is 4.39 Å². The Bertz CT molecular complexity index is 1720. The Labute approximate surface area is 250 Å². The van der Waals surface area contributed by atoms with Crippen LogP contribution in [-0.2, 0) is 4.79 Å². The van der Waals surface area contributed by atoms with E-state index in [0.29, 0.717) is 30.3 Å². The Morgan fingerprint density at radius 1 is 1.07 bits per heavy atom. The molecule has 2 aromatic heterocycles. The van der Waals surface area contributed by atoms with Crippen LogP contribution in [0.25, 0.3) is 27.0 Å². The van der Waals surface area contributed by atoms with Crippen LogP contribution in [0.2, 0.25) is 0 Å². The fourth-order valence-electron chi connectivity index (χ4n) is 5.27. The normalized spacial score (nSPS) is 15.7. The summed E-state index contributed by atoms with van der Waals surface area (Å²) in [5, 5.41) is 5.82. The van der Waals surface area contributed by atoms with Crippen LogP contribution in [0.3, 0.4) is 0 Å². The molecule has 0 unspecified atom stereocenters. The molecule has 1 amide bonds. The first kappa shape index (κ1) is 29.6. The summed E-state index contributed by atoms with van der Waals surface area (Å²) in [6.07, 6.45) is 6.72. The van der Waals surface area contributed by atoms with E-state index in [4.69, 9.17) is 25.9 Å². The lowest BCUT2D eigenvalue weighted by Crippen LogP contribution is -2.41. The van der Waals surface area contributed by atoms with Crippen LogP contribution in [0.15, 0.2) is 66.6 Å². The summed E-state index contributed by atoms with van der Waals surface area (Å²) in [5.41, 5.74) is 2.13. The van der Waals surface area contributed by atoms with Crippen molar-refractivity contribution < 1.29 is 23.4 Å². The maximum Gasteiger partial charge on any atom is 0.252 e. The van der Waals surface area contributed by atoms with Crippen molar-refractivity contribution in [2.45, 2.75) is 39.7 Å². The number of pyridine rings is 1. The third-order valence-corrected chi connectivity index (χ3v) is 7.24. The molecule has 0 saturated carbocycles. The molecule has 1 saturated heterocycles. The lowest BCUT2D eigenvalue weighted by Gasteiger charge is -2.33. The zero-order valence-electron chi connectivity index (χ0n) is 24.9. The van der Waals surface area contributed by atoms with Crippen molar-refractivity contribution in [3.63, 3.8) is 0 Å². The largest absolute Gasteiger partial charge is 0.494 e. The lowest BCUT2D eigenvalue weighted by atomic mass is 9.95. The van der Waals surface area contributed by atoms with Gasteiger partial charge in [0.05, 0.1) is 38.4 Å². The van der Waals surface area contributed by atoms with Gasteiger partial charge in [0.15, 0.2) is 17.2 Å². The van der Waals surface area contributed by atoms with E-state index in [-0.39, 0.29) is 34.6 Å². The van der Waals surface area contributed by atoms with Gasteiger partial charge in [-0.05, 0) is 54.7 Å². The van der Waals surface area contributed by atoms with E-state index in [1.54, 1.807) is 48.7 Å². The van der Waals surface area contributed by atoms with E-state index in [0.717, 1.165) is 29.3 Å². The third kappa shape index (κ3) is 6.16. The molecule has 0 spiro atoms. The number of hydrogen-bond acceptors (Lipinski definition) is 6. The molecule has 1 aliphatic rings. The summed E-state index contributed by atoms with van der Waals surface area (Å²) < 4.78 is 33.1. The first-order chi connectivity index (χ1) is 20.6. The highest BCUT2D eigenvalue weighted by Crippen LogP contribution is 2.38. The molecule has 0 radical (unpaired) electrons. The molecule has 5 rings (SSSR count). The first-order valence-corrected chi connectivity index (χ1v) is 14.0. The predicted molar refractivity (Wildman–Crippen MR) is 162 cm³/mol. The van der Waals surface area contributed by atoms with Gasteiger partial charge in [-0.1, -0.05) is 32.9 Å². The van der Waals surface area contributed by atoms with Gasteiger partial charge in [-0.2, -0.15) is 9.49 Å². The molecule has 3 heterocycles. The Morgan fingerprint density at radius 3 is 2.47 bits per heavy atom. The number of allylic oxidation sites excluding steroid dienone is 1. The van der Waals surface area contributed by atoms with Gasteiger partial charge < -0.3 is 19.1 Å². The second kappa shape index (κ2) is 12.1. The van der Waals surface area contributed by atoms with E-state index in [1.807, 2.05) is 37.6 Å². The quantitative estimate of drug-likeness (QED) is 0.171. The van der Waals surface area contributed by atoms with Crippen molar-refractivity contribution in [1.29, 1.82) is 0 Å². The molecule has 0 bridgehead atoms. The molecule has 0 N–H and O–H groups in total. The van der Waals surface area contributed by atoms with Crippen LogP contribution in [0.1, 0.15) is 39.7 Å². The molecular weight excluding hydrogens is 549 g/mol. The van der Waals surface area contributed by atoms with Gasteiger partial charge in [0.1, 0.15) is 17.0 Å². The number of rotatable bonds is 7. The highest BCUT2D eigenvalue weighted by atomic mass is 19.1. The molecule has 222 valence electrons. The minimum absolute atomic E-state index is 0.0610. The Kier molecular flexibility index (Phi) is 8.35. The number of methoxy groups -OCH3 is 2. The molecule has 0 aliphatic carbocycles. The fraction of sp³-hybridized carbons (Fsp3) is 0.333. The van der Waals surface area contributed by atoms with Crippen LogP contribution < -0.4 is 14.2 Å². The van der Waals surface area contributed by atoms with Crippen LogP contribution in [0.5, 0.6) is 23.0 Å². The summed E-state index contributed by atoms with van der Waals surface area (Å²) >= 11 is 0. The molecule has 2 aromatic carbocycles. The summed E-state index contributed by atoms with van der Waals surface area (Å²) in [4.78, 5) is 23.0. The fourth-order valence-corrected chi connectivity index (χ4v) is 5.27. The minimum atomic E-state index is -0.575. The molecule has 1 fully saturated rings. The van der Waals surface area contributed by atoms with Crippen molar-refractivity contribution in [3.8, 4) is 34.3 Å². The monoisotopic (exact) mass is 583 g/mol. The van der Waals surface area contributed by atoms with Gasteiger partial charge >= 0.3 is 0 Å². The SMILES string of the molecule is [C-]#[N+]/C(=C\C(C)(C)C)C(=O)N1CCC[C@@H](n2nc(-c3ccc(Oc4cccc(OC)c4F)cc3)c3cncc(OC)c32)C1. The standard InChI is InChI=1S/C33H34FN5O4/c1-33(2,3)17-25(35-4)32(40)38-16-8-9-22(20-38)39-31-24(18-36-19-28(31)42-6)30(37-39)21-12-14-23(15-13-21)43-27-11-7-10-26(41-5)29(27)34/h7,10-15,17-19,22H,8-9,16,20H2,1-3,5-6H3/b25-17-/t22-/m1/s1. The topological polar surface area (TPSA) is 83.1 Å². The van der Waals surface area contributed by atoms with Crippen molar-refractivity contribution in [1.82, 2.24) is 19.7 Å². The zero-order valence-corrected chi connectivity index (χ0v) is 24.9. The number of piperidine rings is 1. The third-order valence-electron chi connectivity index (χ3n) is 7.24. The van der Waals surface area contributed by atoms with Gasteiger partial charge in [-0.15, -0.1) is 0 Å². The Morgan fingerprint density at radius 2 is 1.79 bits per heavy atom. The number of aromatic nitrogens is 3. The maximum atomic E-state index is 14.6. The van der Waals surface area contributed by atoms with E-state index in [2.05, 4.69) is 9.83 Å². The van der Waals surface area contributed by atoms with Crippen molar-refractivity contribution in [2.24, 2.45) is 5.41 Å². The lowest BCUT2D eigenvalue weighted by molar-refractivity contribution is -0.128. The average Bonchev–Trinajstić information content (AvgIpc) is 3.40. The van der Waals surface area contributed by atoms with E-state index in [9.17, 15) is 9.18 Å². The second-order valence-electron chi connectivity index (χ2n) is 11.5. The van der Waals surface area contributed by atoms with Crippen molar-refractivity contribution in [3.05, 3.63) is 83.9 Å². The summed E-state index contributed by atoms with van der Waals surface area (Å²) in [6.45, 7) is 14.5. The minimum Gasteiger partial charge on any atom is -0.494 e. The number of halogens is 1. The number of nitrogens with zero attached hydrogens (tertiary/aromatic N) is 5. The molecule has 9 nitrogen and oxygen atoms in total. The van der Waals surface area contributed by atoms with Gasteiger partial charge in [-0.25, -0.2) is 4.85 Å². The molecule has 1 aliphatic heterocycles. The van der Waals surface area contributed by atoms with Crippen LogP contribution >= 0.6 is 0 Å². The molecule has 43 heavy (non-hydrogen) atoms. The van der Waals surface area contributed by atoms with Gasteiger partial charge in [0.25, 0.3) is 5.91 Å². The Hall–Kier alpha value is -4.91. The van der Waals surface area contributed by atoms with Gasteiger partial charge in [0.2, 0.25) is 11.5 Å². The van der Waals surface area contributed by atoms with E-state index in [1.165, 1.54) is 19.2 Å². The van der Waals surface area contributed by atoms with Gasteiger partial charge in [-0.3, -0.25) is 14.5 Å². The number of hydrogen-bond donors (Lipinski definition) is 0. The van der Waals surface area contributed by atoms with Crippen molar-refractivity contribution in [2.75, 3.05) is 27.3 Å². The van der Waals surface area contributed by atoms with E-state index < -0.39 is 5.82 Å². The number of fused-ring (bicyclic) bond motifs is 1. The van der Waals surface area contributed by atoms with E-state index >= 15 is 0 Å². The summed E-state index contributed by atoms with van der Waals surface area (Å²) in [6, 6.07) is 11.8. The molecular formula is C33H34FN5O4. The predicted octanol–water partition coefficient (Wildman–Crippen LogP) is 7.06.